The van der Waals surface area contributed by atoms with Gasteiger partial charge in [0.05, 0.1) is 0 Å². The van der Waals surface area contributed by atoms with Gasteiger partial charge in [-0.2, -0.15) is 0 Å². The van der Waals surface area contributed by atoms with E-state index in [4.69, 9.17) is 49.0 Å². The largest absolute Gasteiger partial charge is 0.486 e. The fourth-order valence-electron chi connectivity index (χ4n) is 2.95. The lowest BCUT2D eigenvalue weighted by molar-refractivity contribution is -0.147. The first-order valence-corrected chi connectivity index (χ1v) is 10.4. The second-order valence-electron chi connectivity index (χ2n) is 6.81. The molecule has 7 heteroatoms. The minimum atomic E-state index is -1.34. The number of halogens is 3. The van der Waals surface area contributed by atoms with E-state index in [2.05, 4.69) is 0 Å². The molecule has 3 aromatic carbocycles. The molecule has 0 aromatic heterocycles. The van der Waals surface area contributed by atoms with E-state index in [0.717, 1.165) is 11.3 Å². The van der Waals surface area contributed by atoms with Crippen LogP contribution in [0.25, 0.3) is 0 Å². The molecular weight excluding hydrogens is 447 g/mol. The van der Waals surface area contributed by atoms with Gasteiger partial charge in [-0.05, 0) is 54.1 Å². The molecule has 0 radical (unpaired) electrons. The van der Waals surface area contributed by atoms with Crippen LogP contribution in [0.1, 0.15) is 5.56 Å². The summed E-state index contributed by atoms with van der Waals surface area (Å²) < 4.78 is 15.6. The van der Waals surface area contributed by atoms with Gasteiger partial charge >= 0.3 is 5.97 Å². The van der Waals surface area contributed by atoms with E-state index in [0.29, 0.717) is 16.5 Å². The van der Waals surface area contributed by atoms with Gasteiger partial charge in [-0.3, -0.25) is 4.79 Å². The average Bonchev–Trinajstić information content (AvgIpc) is 3.28. The molecule has 2 atom stereocenters. The summed E-state index contributed by atoms with van der Waals surface area (Å²) in [5, 5.41) is 0.579. The zero-order chi connectivity index (χ0) is 21.1. The minimum Gasteiger partial charge on any atom is -0.486 e. The number of hydrogen-bond donors (Lipinski definition) is 0. The second-order valence-corrected chi connectivity index (χ2v) is 8.70. The Morgan fingerprint density at radius 1 is 0.867 bits per heavy atom. The van der Waals surface area contributed by atoms with Gasteiger partial charge in [0.1, 0.15) is 35.9 Å². The smallest absolute Gasteiger partial charge is 0.316 e. The first-order valence-electron chi connectivity index (χ1n) is 9.22. The molecule has 0 saturated heterocycles. The number of alkyl halides is 2. The summed E-state index contributed by atoms with van der Waals surface area (Å²) in [6, 6.07) is 23.5. The lowest BCUT2D eigenvalue weighted by Crippen LogP contribution is -2.12. The third kappa shape index (κ3) is 4.84. The summed E-state index contributed by atoms with van der Waals surface area (Å²) in [7, 11) is 0. The Labute approximate surface area is 189 Å². The Morgan fingerprint density at radius 2 is 1.57 bits per heavy atom. The van der Waals surface area contributed by atoms with Gasteiger partial charge in [0.25, 0.3) is 0 Å². The molecule has 154 valence electrons. The molecular formula is C23H17Cl3O4. The second kappa shape index (κ2) is 8.76. The summed E-state index contributed by atoms with van der Waals surface area (Å²) in [5.74, 6) is 0.597. The van der Waals surface area contributed by atoms with Crippen molar-refractivity contribution < 1.29 is 19.0 Å². The maximum atomic E-state index is 12.5. The number of hydrogen-bond acceptors (Lipinski definition) is 4. The van der Waals surface area contributed by atoms with Crippen LogP contribution in [0.3, 0.4) is 0 Å². The van der Waals surface area contributed by atoms with Gasteiger partial charge in [0, 0.05) is 5.02 Å². The van der Waals surface area contributed by atoms with Crippen LogP contribution in [0.15, 0.2) is 78.9 Å². The van der Waals surface area contributed by atoms with E-state index >= 15 is 0 Å². The van der Waals surface area contributed by atoms with Crippen molar-refractivity contribution in [3.8, 4) is 17.2 Å². The topological polar surface area (TPSA) is 44.8 Å². The number of rotatable bonds is 7. The molecule has 0 spiro atoms. The predicted octanol–water partition coefficient (Wildman–Crippen LogP) is 6.43. The van der Waals surface area contributed by atoms with Crippen LogP contribution >= 0.6 is 34.8 Å². The molecule has 0 heterocycles. The van der Waals surface area contributed by atoms with Crippen molar-refractivity contribution in [2.24, 2.45) is 5.92 Å². The van der Waals surface area contributed by atoms with Gasteiger partial charge in [-0.15, -0.1) is 0 Å². The maximum Gasteiger partial charge on any atom is 0.316 e. The Hall–Kier alpha value is -2.40. The van der Waals surface area contributed by atoms with E-state index < -0.39 is 22.3 Å². The van der Waals surface area contributed by atoms with Gasteiger partial charge in [-0.1, -0.05) is 65.1 Å². The van der Waals surface area contributed by atoms with Crippen LogP contribution in [0.4, 0.5) is 0 Å². The van der Waals surface area contributed by atoms with Crippen molar-refractivity contribution in [2.45, 2.75) is 17.0 Å². The number of esters is 1. The average molecular weight is 464 g/mol. The Bertz CT molecular complexity index is 1020. The molecule has 0 N–H and O–H groups in total. The van der Waals surface area contributed by atoms with E-state index in [-0.39, 0.29) is 6.61 Å². The highest BCUT2D eigenvalue weighted by Gasteiger charge is 2.71. The third-order valence-electron chi connectivity index (χ3n) is 4.58. The van der Waals surface area contributed by atoms with E-state index in [1.807, 2.05) is 54.6 Å². The molecule has 1 fully saturated rings. The van der Waals surface area contributed by atoms with Crippen molar-refractivity contribution in [1.29, 1.82) is 0 Å². The zero-order valence-corrected chi connectivity index (χ0v) is 17.9. The minimum absolute atomic E-state index is 0.0683. The quantitative estimate of drug-likeness (QED) is 0.299. The van der Waals surface area contributed by atoms with Crippen LogP contribution in [0, 0.1) is 5.92 Å². The van der Waals surface area contributed by atoms with Gasteiger partial charge in [0.15, 0.2) is 4.33 Å². The zero-order valence-electron chi connectivity index (χ0n) is 15.6. The van der Waals surface area contributed by atoms with Crippen molar-refractivity contribution in [3.63, 3.8) is 0 Å². The van der Waals surface area contributed by atoms with E-state index in [1.54, 1.807) is 24.3 Å². The first kappa shape index (κ1) is 20.9. The molecule has 1 aliphatic carbocycles. The Morgan fingerprint density at radius 3 is 2.30 bits per heavy atom. The molecule has 30 heavy (non-hydrogen) atoms. The summed E-state index contributed by atoms with van der Waals surface area (Å²) in [6.07, 6.45) is -0.692. The fourth-order valence-corrected chi connectivity index (χ4v) is 3.70. The van der Waals surface area contributed by atoms with Crippen molar-refractivity contribution >= 4 is 40.8 Å². The van der Waals surface area contributed by atoms with E-state index in [9.17, 15) is 4.79 Å². The Balaban J connectivity index is 1.34. The summed E-state index contributed by atoms with van der Waals surface area (Å²) in [4.78, 5) is 12.5. The summed E-state index contributed by atoms with van der Waals surface area (Å²) in [5.41, 5.74) is 0.780. The third-order valence-corrected chi connectivity index (χ3v) is 5.73. The molecule has 4 rings (SSSR count). The van der Waals surface area contributed by atoms with Crippen molar-refractivity contribution in [2.75, 3.05) is 0 Å². The van der Waals surface area contributed by atoms with Crippen LogP contribution in [-0.2, 0) is 16.1 Å². The number of carbonyl (C=O) groups excluding carboxylic acids is 1. The highest BCUT2D eigenvalue weighted by Crippen LogP contribution is 2.56. The van der Waals surface area contributed by atoms with Crippen LogP contribution in [-0.4, -0.2) is 16.4 Å². The lowest BCUT2D eigenvalue weighted by atomic mass is 10.2. The Kier molecular flexibility index (Phi) is 6.09. The van der Waals surface area contributed by atoms with Gasteiger partial charge in [0.2, 0.25) is 0 Å². The van der Waals surface area contributed by atoms with Gasteiger partial charge < -0.3 is 14.2 Å². The lowest BCUT2D eigenvalue weighted by Gasteiger charge is -2.09. The maximum absolute atomic E-state index is 12.5. The van der Waals surface area contributed by atoms with Crippen molar-refractivity contribution in [1.82, 2.24) is 0 Å². The monoisotopic (exact) mass is 462 g/mol. The van der Waals surface area contributed by atoms with E-state index in [1.165, 1.54) is 0 Å². The molecule has 3 aromatic rings. The molecule has 0 amide bonds. The number of benzene rings is 3. The predicted molar refractivity (Wildman–Crippen MR) is 117 cm³/mol. The molecule has 1 saturated carbocycles. The fraction of sp³-hybridized carbons (Fsp3) is 0.174. The number of ether oxygens (including phenoxy) is 3. The van der Waals surface area contributed by atoms with Gasteiger partial charge in [-0.25, -0.2) is 0 Å². The van der Waals surface area contributed by atoms with Crippen LogP contribution in [0.5, 0.6) is 17.2 Å². The highest BCUT2D eigenvalue weighted by molar-refractivity contribution is 6.53. The molecule has 4 nitrogen and oxygen atoms in total. The van der Waals surface area contributed by atoms with Crippen LogP contribution in [0.2, 0.25) is 5.02 Å². The van der Waals surface area contributed by atoms with Crippen molar-refractivity contribution in [3.05, 3.63) is 89.4 Å². The normalized spacial score (nSPS) is 19.0. The summed E-state index contributed by atoms with van der Waals surface area (Å²) in [6.45, 7) is 0.0683. The number of para-hydroxylation sites is 1. The molecule has 0 bridgehead atoms. The molecule has 0 aliphatic heterocycles. The number of carbonyl (C=O) groups is 1. The summed E-state index contributed by atoms with van der Waals surface area (Å²) >= 11 is 18.3. The SMILES string of the molecule is O=C(OCc1cccc(Oc2ccccc2)c1)C1C(Oc2ccc(Cl)cc2)C1(Cl)Cl. The molecule has 1 aliphatic rings. The first-order chi connectivity index (χ1) is 14.4. The standard InChI is InChI=1S/C23H17Cl3O4/c24-16-9-11-18(12-10-16)30-21-20(23(21,25)26)22(27)28-14-15-5-4-8-19(13-15)29-17-6-2-1-3-7-17/h1-13,20-21H,14H2. The van der Waals surface area contributed by atoms with Crippen LogP contribution < -0.4 is 9.47 Å². The molecule has 2 unspecified atom stereocenters. The highest BCUT2D eigenvalue weighted by atomic mass is 35.5.